The van der Waals surface area contributed by atoms with E-state index in [2.05, 4.69) is 25.5 Å². The van der Waals surface area contributed by atoms with E-state index < -0.39 is 36.1 Å². The number of aliphatic hydroxyl groups excluding tert-OH is 4. The van der Waals surface area contributed by atoms with Crippen molar-refractivity contribution in [2.45, 2.75) is 234 Å². The van der Waals surface area contributed by atoms with Crippen molar-refractivity contribution >= 4 is 11.9 Å². The van der Waals surface area contributed by atoms with Crippen molar-refractivity contribution in [2.75, 3.05) is 13.7 Å². The van der Waals surface area contributed by atoms with Crippen LogP contribution < -0.4 is 0 Å². The molecule has 0 radical (unpaired) electrons. The maximum absolute atomic E-state index is 14.3. The summed E-state index contributed by atoms with van der Waals surface area (Å²) in [5.41, 5.74) is 0. The third-order valence-electron chi connectivity index (χ3n) is 13.9. The molecule has 2 aliphatic carbocycles. The molecule has 0 saturated heterocycles. The lowest BCUT2D eigenvalue weighted by Gasteiger charge is -2.29. The Hall–Kier alpha value is -1.57. The lowest BCUT2D eigenvalue weighted by atomic mass is 9.80. The molecule has 5 N–H and O–H groups in total. The molecule has 2 rings (SSSR count). The van der Waals surface area contributed by atoms with Crippen molar-refractivity contribution in [2.24, 2.45) is 53.3 Å². The van der Waals surface area contributed by atoms with Crippen molar-refractivity contribution in [3.05, 3.63) is 0 Å². The van der Waals surface area contributed by atoms with E-state index in [0.29, 0.717) is 68.6 Å². The first-order valence-electron chi connectivity index (χ1n) is 23.8. The van der Waals surface area contributed by atoms with Crippen molar-refractivity contribution in [3.63, 3.8) is 0 Å². The maximum atomic E-state index is 14.3. The van der Waals surface area contributed by atoms with E-state index in [1.54, 1.807) is 13.8 Å². The Balaban J connectivity index is -0.00000102. The van der Waals surface area contributed by atoms with Gasteiger partial charge in [-0.2, -0.15) is 0 Å². The Morgan fingerprint density at radius 1 is 0.645 bits per heavy atom. The number of aliphatic hydroxyl groups is 4. The van der Waals surface area contributed by atoms with Crippen molar-refractivity contribution in [1.29, 1.82) is 0 Å². The normalized spacial score (nSPS) is 25.4. The molecule has 2 aliphatic rings. The molecule has 0 amide bonds. The summed E-state index contributed by atoms with van der Waals surface area (Å²) in [6, 6.07) is 0. The fourth-order valence-electron chi connectivity index (χ4n) is 9.85. The molecule has 0 aliphatic heterocycles. The van der Waals surface area contributed by atoms with E-state index in [4.69, 9.17) is 10.2 Å². The van der Waals surface area contributed by atoms with Crippen LogP contribution in [0.3, 0.4) is 0 Å². The highest BCUT2D eigenvalue weighted by molar-refractivity contribution is 5.69. The Kier molecular flexibility index (Phi) is 36.3. The Bertz CT molecular complexity index is 1120. The van der Waals surface area contributed by atoms with Crippen LogP contribution in [-0.2, 0) is 14.3 Å². The van der Waals surface area contributed by atoms with E-state index in [-0.39, 0.29) is 86.4 Å². The molecule has 374 valence electrons. The number of ether oxygens (including phenoxy) is 1. The van der Waals surface area contributed by atoms with E-state index >= 15 is 0 Å². The number of rotatable bonds is 28. The van der Waals surface area contributed by atoms with Crippen LogP contribution in [0.2, 0.25) is 0 Å². The summed E-state index contributed by atoms with van der Waals surface area (Å²) in [7, 11) is 1.42. The van der Waals surface area contributed by atoms with Crippen LogP contribution in [0.5, 0.6) is 0 Å². The summed E-state index contributed by atoms with van der Waals surface area (Å²) in [4.78, 5) is 21.7. The van der Waals surface area contributed by atoms with Gasteiger partial charge in [-0.25, -0.2) is 17.6 Å². The Morgan fingerprint density at radius 3 is 1.40 bits per heavy atom. The predicted molar refractivity (Wildman–Crippen MR) is 242 cm³/mol. The topological polar surface area (TPSA) is 145 Å². The third kappa shape index (κ3) is 25.8. The number of carboxylic acids is 1. The predicted octanol–water partition coefficient (Wildman–Crippen LogP) is 12.7. The number of aliphatic carboxylic acids is 1. The highest BCUT2D eigenvalue weighted by Gasteiger charge is 2.44. The number of halogens is 5. The van der Waals surface area contributed by atoms with Crippen molar-refractivity contribution in [3.8, 4) is 0 Å². The number of esters is 1. The number of carboxylic acid groups (broad SMARTS) is 1. The summed E-state index contributed by atoms with van der Waals surface area (Å²) in [6.07, 6.45) is 10.7. The first-order valence-corrected chi connectivity index (χ1v) is 23.8. The molecule has 2 saturated carbocycles. The van der Waals surface area contributed by atoms with Gasteiger partial charge in [0.2, 0.25) is 0 Å². The van der Waals surface area contributed by atoms with Gasteiger partial charge < -0.3 is 30.3 Å². The molecular formula is C49H95F5O8. The zero-order chi connectivity index (χ0) is 46.1. The minimum atomic E-state index is -3.06. The van der Waals surface area contributed by atoms with Gasteiger partial charge in [0, 0.05) is 32.3 Å². The highest BCUT2D eigenvalue weighted by Crippen LogP contribution is 2.47. The molecule has 0 aromatic heterocycles. The van der Waals surface area contributed by atoms with Gasteiger partial charge in [-0.1, -0.05) is 107 Å². The van der Waals surface area contributed by atoms with Gasteiger partial charge in [-0.05, 0) is 124 Å². The standard InChI is InChI=1S/C24H44F2O3.C22H40F2O4.C2H6O.CH4.FH/c1-6-17(2)16-24(25,26)22(27)14-13-21-19(4)15-18(3)20(21)11-9-7-8-10-12-23(28)29-5;1-4-15(2)14-22(23,24)20(26)12-11-17-16(3)13-19(25)18(17)9-7-5-6-8-10-21(27)28;1-2-3;;/h17-22,27H,6-16H2,1-5H3;15-20,25-26H,4-14H2,1-3H3,(H,27,28);3H,2H2,1H3;1H4;1H/t17-,18-,19+,20-,21-,22?;15-,16+,17-,18+,19-,20?;;;/m00.../s1. The SMILES string of the molecule is C.CCO.CC[C@H](C)CC(F)(F)C(O)CC[C@@H]1[C@@H](CCCCCCC(=O)O)[C@@H](O)C[C@H]1C.CC[C@H](C)CC(F)(F)C(O)CC[C@@H]1[C@@H](CCCCCCC(=O)OC)[C@@H](C)C[C@H]1C.F. The molecule has 0 bridgehead atoms. The molecule has 13 heteroatoms. The first kappa shape index (κ1) is 64.7. The lowest BCUT2D eigenvalue weighted by molar-refractivity contribution is -0.141. The van der Waals surface area contributed by atoms with Gasteiger partial charge in [-0.3, -0.25) is 14.3 Å². The summed E-state index contributed by atoms with van der Waals surface area (Å²) in [6.45, 7) is 15.9. The molecule has 0 heterocycles. The number of carbonyl (C=O) groups excluding carboxylic acids is 1. The van der Waals surface area contributed by atoms with E-state index in [9.17, 15) is 42.5 Å². The second-order valence-electron chi connectivity index (χ2n) is 19.0. The smallest absolute Gasteiger partial charge is 0.305 e. The van der Waals surface area contributed by atoms with Crippen LogP contribution in [0.15, 0.2) is 0 Å². The second kappa shape index (κ2) is 34.7. The number of methoxy groups -OCH3 is 1. The van der Waals surface area contributed by atoms with Crippen LogP contribution in [0.4, 0.5) is 22.3 Å². The van der Waals surface area contributed by atoms with E-state index in [0.717, 1.165) is 64.2 Å². The largest absolute Gasteiger partial charge is 0.481 e. The maximum Gasteiger partial charge on any atom is 0.305 e. The minimum Gasteiger partial charge on any atom is -0.481 e. The average Bonchev–Trinajstić information content (AvgIpc) is 3.61. The molecule has 0 aromatic carbocycles. The fourth-order valence-corrected chi connectivity index (χ4v) is 9.85. The molecule has 2 fully saturated rings. The summed E-state index contributed by atoms with van der Waals surface area (Å²) in [5, 5.41) is 46.9. The van der Waals surface area contributed by atoms with Gasteiger partial charge in [0.25, 0.3) is 11.8 Å². The molecule has 12 atom stereocenters. The molecule has 8 nitrogen and oxygen atoms in total. The quantitative estimate of drug-likeness (QED) is 0.0297. The first-order chi connectivity index (χ1) is 28.1. The number of carbonyl (C=O) groups is 2. The number of hydrogen-bond acceptors (Lipinski definition) is 7. The average molecular weight is 907 g/mol. The fraction of sp³-hybridized carbons (Fsp3) is 0.959. The zero-order valence-electron chi connectivity index (χ0n) is 39.6. The third-order valence-corrected chi connectivity index (χ3v) is 13.9. The summed E-state index contributed by atoms with van der Waals surface area (Å²) >= 11 is 0. The molecule has 0 aromatic rings. The Morgan fingerprint density at radius 2 is 1.00 bits per heavy atom. The van der Waals surface area contributed by atoms with Gasteiger partial charge in [-0.15, -0.1) is 0 Å². The summed E-state index contributed by atoms with van der Waals surface area (Å²) < 4.78 is 61.8. The van der Waals surface area contributed by atoms with E-state index in [1.807, 2.05) is 20.8 Å². The van der Waals surface area contributed by atoms with Gasteiger partial charge in [0.05, 0.1) is 13.2 Å². The highest BCUT2D eigenvalue weighted by atomic mass is 19.3. The van der Waals surface area contributed by atoms with Crippen LogP contribution in [0, 0.1) is 53.3 Å². The second-order valence-corrected chi connectivity index (χ2v) is 19.0. The summed E-state index contributed by atoms with van der Waals surface area (Å²) in [5.74, 6) is -4.52. The van der Waals surface area contributed by atoms with Crippen molar-refractivity contribution in [1.82, 2.24) is 0 Å². The van der Waals surface area contributed by atoms with Gasteiger partial charge in [0.15, 0.2) is 0 Å². The van der Waals surface area contributed by atoms with Crippen molar-refractivity contribution < 1.29 is 62.1 Å². The molecule has 0 spiro atoms. The van der Waals surface area contributed by atoms with Crippen LogP contribution in [0.25, 0.3) is 0 Å². The van der Waals surface area contributed by atoms with Crippen LogP contribution in [0.1, 0.15) is 204 Å². The van der Waals surface area contributed by atoms with Crippen LogP contribution >= 0.6 is 0 Å². The monoisotopic (exact) mass is 907 g/mol. The van der Waals surface area contributed by atoms with Gasteiger partial charge in [0.1, 0.15) is 12.2 Å². The number of unbranched alkanes of at least 4 members (excludes halogenated alkanes) is 6. The van der Waals surface area contributed by atoms with Gasteiger partial charge >= 0.3 is 11.9 Å². The molecule has 62 heavy (non-hydrogen) atoms. The van der Waals surface area contributed by atoms with Crippen LogP contribution in [-0.4, -0.2) is 81.3 Å². The Labute approximate surface area is 374 Å². The zero-order valence-corrected chi connectivity index (χ0v) is 39.6. The van der Waals surface area contributed by atoms with E-state index in [1.165, 1.54) is 7.11 Å². The number of hydrogen-bond donors (Lipinski definition) is 5. The molecule has 2 unspecified atom stereocenters. The molecular weight excluding hydrogens is 812 g/mol. The minimum absolute atomic E-state index is 0. The lowest BCUT2D eigenvalue weighted by Crippen LogP contribution is -2.36. The number of alkyl halides is 4.